The second-order valence-electron chi connectivity index (χ2n) is 6.10. The van der Waals surface area contributed by atoms with Crippen LogP contribution in [-0.4, -0.2) is 33.5 Å². The van der Waals surface area contributed by atoms with Crippen LogP contribution in [0.4, 0.5) is 0 Å². The van der Waals surface area contributed by atoms with Gasteiger partial charge in [0.15, 0.2) is 0 Å². The Morgan fingerprint density at radius 1 is 1.24 bits per heavy atom. The topological polar surface area (TPSA) is 46.2 Å². The minimum atomic E-state index is -2.81. The molecule has 4 heteroatoms. The summed E-state index contributed by atoms with van der Waals surface area (Å²) in [5.41, 5.74) is 0.281. The van der Waals surface area contributed by atoms with Crippen molar-refractivity contribution in [2.45, 2.75) is 39.0 Å². The van der Waals surface area contributed by atoms with Gasteiger partial charge in [-0.1, -0.05) is 6.92 Å². The largest absolute Gasteiger partial charge is 0.319 e. The average molecular weight is 259 g/mol. The quantitative estimate of drug-likeness (QED) is 0.759. The fourth-order valence-electron chi connectivity index (χ4n) is 3.60. The summed E-state index contributed by atoms with van der Waals surface area (Å²) in [4.78, 5) is 0. The number of hydrogen-bond donors (Lipinski definition) is 1. The zero-order valence-electron chi connectivity index (χ0n) is 11.0. The molecule has 0 aromatic heterocycles. The maximum absolute atomic E-state index is 11.8. The van der Waals surface area contributed by atoms with Gasteiger partial charge >= 0.3 is 0 Å². The molecular formula is C13H25NO2S. The molecule has 0 aromatic carbocycles. The van der Waals surface area contributed by atoms with Crippen molar-refractivity contribution in [2.24, 2.45) is 17.3 Å². The van der Waals surface area contributed by atoms with Crippen LogP contribution in [-0.2, 0) is 9.84 Å². The summed E-state index contributed by atoms with van der Waals surface area (Å²) in [5.74, 6) is 2.58. The van der Waals surface area contributed by atoms with Gasteiger partial charge in [-0.25, -0.2) is 8.42 Å². The molecule has 0 heterocycles. The predicted octanol–water partition coefficient (Wildman–Crippen LogP) is 1.84. The molecule has 17 heavy (non-hydrogen) atoms. The van der Waals surface area contributed by atoms with Crippen LogP contribution in [0, 0.1) is 17.3 Å². The lowest BCUT2D eigenvalue weighted by molar-refractivity contribution is 0.248. The molecule has 2 aliphatic rings. The third-order valence-electron chi connectivity index (χ3n) is 4.47. The number of fused-ring (bicyclic) bond motifs is 1. The highest BCUT2D eigenvalue weighted by Crippen LogP contribution is 2.60. The summed E-state index contributed by atoms with van der Waals surface area (Å²) in [6.45, 7) is 2.92. The van der Waals surface area contributed by atoms with E-state index in [9.17, 15) is 8.42 Å². The van der Waals surface area contributed by atoms with Gasteiger partial charge in [-0.05, 0) is 56.4 Å². The van der Waals surface area contributed by atoms with Crippen molar-refractivity contribution in [3.8, 4) is 0 Å². The zero-order valence-corrected chi connectivity index (χ0v) is 11.9. The van der Waals surface area contributed by atoms with Crippen LogP contribution in [0.2, 0.25) is 0 Å². The van der Waals surface area contributed by atoms with E-state index >= 15 is 0 Å². The smallest absolute Gasteiger partial charge is 0.150 e. The minimum absolute atomic E-state index is 0.281. The Morgan fingerprint density at radius 3 is 2.41 bits per heavy atom. The van der Waals surface area contributed by atoms with E-state index in [1.54, 1.807) is 0 Å². The Balaban J connectivity index is 1.90. The van der Waals surface area contributed by atoms with Crippen molar-refractivity contribution in [3.05, 3.63) is 0 Å². The lowest BCUT2D eigenvalue weighted by Crippen LogP contribution is -2.33. The highest BCUT2D eigenvalue weighted by Gasteiger charge is 2.53. The highest BCUT2D eigenvalue weighted by atomic mass is 32.2. The number of rotatable bonds is 7. The second-order valence-corrected chi connectivity index (χ2v) is 8.40. The molecule has 3 nitrogen and oxygen atoms in total. The Kier molecular flexibility index (Phi) is 3.83. The molecule has 1 N–H and O–H groups in total. The Morgan fingerprint density at radius 2 is 1.88 bits per heavy atom. The molecule has 2 aliphatic carbocycles. The van der Waals surface area contributed by atoms with Crippen LogP contribution in [0.15, 0.2) is 0 Å². The number of hydrogen-bond acceptors (Lipinski definition) is 3. The maximum atomic E-state index is 11.8. The van der Waals surface area contributed by atoms with Gasteiger partial charge in [0.2, 0.25) is 0 Å². The highest BCUT2D eigenvalue weighted by molar-refractivity contribution is 7.91. The molecule has 2 fully saturated rings. The molecule has 0 bridgehead atoms. The molecule has 2 saturated carbocycles. The summed E-state index contributed by atoms with van der Waals surface area (Å²) in [5, 5.41) is 3.27. The van der Waals surface area contributed by atoms with E-state index in [0.717, 1.165) is 31.2 Å². The first-order valence-corrected chi connectivity index (χ1v) is 8.67. The van der Waals surface area contributed by atoms with Crippen LogP contribution in [0.3, 0.4) is 0 Å². The van der Waals surface area contributed by atoms with Gasteiger partial charge in [0.25, 0.3) is 0 Å². The van der Waals surface area contributed by atoms with Crippen LogP contribution >= 0.6 is 0 Å². The van der Waals surface area contributed by atoms with E-state index in [2.05, 4.69) is 5.32 Å². The van der Waals surface area contributed by atoms with E-state index in [1.807, 2.05) is 14.0 Å². The summed E-state index contributed by atoms with van der Waals surface area (Å²) >= 11 is 0. The fourth-order valence-corrected chi connectivity index (χ4v) is 5.17. The van der Waals surface area contributed by atoms with Crippen LogP contribution in [0.1, 0.15) is 39.0 Å². The van der Waals surface area contributed by atoms with Crippen LogP contribution in [0.5, 0.6) is 0 Å². The predicted molar refractivity (Wildman–Crippen MR) is 70.8 cm³/mol. The summed E-state index contributed by atoms with van der Waals surface area (Å²) < 4.78 is 23.6. The standard InChI is InChI=1S/C13H25NO2S/c1-3-5-17(15,16)6-4-13(10-14-2)8-11-7-12(11)9-13/h11-12,14H,3-10H2,1-2H3. The molecule has 0 radical (unpaired) electrons. The Labute approximate surface area is 105 Å². The Bertz CT molecular complexity index is 354. The molecule has 0 saturated heterocycles. The number of nitrogens with one attached hydrogen (secondary N) is 1. The molecule has 2 rings (SSSR count). The first kappa shape index (κ1) is 13.3. The van der Waals surface area contributed by atoms with E-state index in [1.165, 1.54) is 19.3 Å². The minimum Gasteiger partial charge on any atom is -0.319 e. The van der Waals surface area contributed by atoms with Gasteiger partial charge in [0, 0.05) is 12.3 Å². The molecule has 0 spiro atoms. The average Bonchev–Trinajstić information content (AvgIpc) is 2.85. The van der Waals surface area contributed by atoms with Crippen LogP contribution < -0.4 is 5.32 Å². The molecule has 2 unspecified atom stereocenters. The molecule has 100 valence electrons. The first-order valence-electron chi connectivity index (χ1n) is 6.85. The molecule has 0 aliphatic heterocycles. The zero-order chi connectivity index (χ0) is 12.5. The van der Waals surface area contributed by atoms with E-state index in [-0.39, 0.29) is 5.41 Å². The molecule has 0 amide bonds. The third kappa shape index (κ3) is 3.22. The van der Waals surface area contributed by atoms with E-state index in [0.29, 0.717) is 11.5 Å². The lowest BCUT2D eigenvalue weighted by Gasteiger charge is -2.30. The SMILES string of the molecule is CCCS(=O)(=O)CCC1(CNC)CC2CC2C1. The van der Waals surface area contributed by atoms with Gasteiger partial charge in [-0.3, -0.25) is 0 Å². The van der Waals surface area contributed by atoms with E-state index in [4.69, 9.17) is 0 Å². The fraction of sp³-hybridized carbons (Fsp3) is 1.00. The Hall–Kier alpha value is -0.0900. The summed E-state index contributed by atoms with van der Waals surface area (Å²) in [6, 6.07) is 0. The van der Waals surface area contributed by atoms with Crippen LogP contribution in [0.25, 0.3) is 0 Å². The monoisotopic (exact) mass is 259 g/mol. The lowest BCUT2D eigenvalue weighted by atomic mass is 9.80. The number of sulfone groups is 1. The van der Waals surface area contributed by atoms with Crippen molar-refractivity contribution < 1.29 is 8.42 Å². The molecule has 2 atom stereocenters. The van der Waals surface area contributed by atoms with Crippen molar-refractivity contribution >= 4 is 9.84 Å². The van der Waals surface area contributed by atoms with Crippen molar-refractivity contribution in [3.63, 3.8) is 0 Å². The third-order valence-corrected chi connectivity index (χ3v) is 6.33. The second kappa shape index (κ2) is 4.88. The first-order chi connectivity index (χ1) is 8.00. The van der Waals surface area contributed by atoms with Gasteiger partial charge in [-0.2, -0.15) is 0 Å². The van der Waals surface area contributed by atoms with Gasteiger partial charge in [0.1, 0.15) is 9.84 Å². The molecular weight excluding hydrogens is 234 g/mol. The summed E-state index contributed by atoms with van der Waals surface area (Å²) in [6.07, 6.45) is 5.50. The van der Waals surface area contributed by atoms with Crippen molar-refractivity contribution in [1.82, 2.24) is 5.32 Å². The van der Waals surface area contributed by atoms with Gasteiger partial charge in [0.05, 0.1) is 5.75 Å². The van der Waals surface area contributed by atoms with E-state index < -0.39 is 9.84 Å². The van der Waals surface area contributed by atoms with Crippen molar-refractivity contribution in [2.75, 3.05) is 25.1 Å². The van der Waals surface area contributed by atoms with Gasteiger partial charge in [-0.15, -0.1) is 0 Å². The summed E-state index contributed by atoms with van der Waals surface area (Å²) in [7, 11) is -0.828. The maximum Gasteiger partial charge on any atom is 0.150 e. The normalized spacial score (nSPS) is 35.9. The van der Waals surface area contributed by atoms with Gasteiger partial charge < -0.3 is 5.32 Å². The molecule has 0 aromatic rings. The van der Waals surface area contributed by atoms with Crippen molar-refractivity contribution in [1.29, 1.82) is 0 Å².